The lowest BCUT2D eigenvalue weighted by molar-refractivity contribution is -0.112. The maximum absolute atomic E-state index is 11.2. The van der Waals surface area contributed by atoms with Crippen LogP contribution < -0.4 is 5.32 Å². The van der Waals surface area contributed by atoms with Gasteiger partial charge >= 0.3 is 0 Å². The molecular weight excluding hydrogens is 270 g/mol. The van der Waals surface area contributed by atoms with Crippen LogP contribution in [0.3, 0.4) is 0 Å². The summed E-state index contributed by atoms with van der Waals surface area (Å²) in [7, 11) is 0. The minimum Gasteiger partial charge on any atom is -0.301 e. The van der Waals surface area contributed by atoms with Crippen LogP contribution in [-0.4, -0.2) is 11.8 Å². The zero-order valence-electron chi connectivity index (χ0n) is 13.3. The highest BCUT2D eigenvalue weighted by molar-refractivity contribution is 5.66. The summed E-state index contributed by atoms with van der Waals surface area (Å²) in [6.07, 6.45) is 4.00. The Bertz CT molecular complexity index is 679. The first-order valence-electron chi connectivity index (χ1n) is 8.07. The van der Waals surface area contributed by atoms with Gasteiger partial charge in [-0.1, -0.05) is 49.4 Å². The van der Waals surface area contributed by atoms with Crippen LogP contribution in [0.4, 0.5) is 0 Å². The molecule has 0 bridgehead atoms. The molecule has 1 heterocycles. The van der Waals surface area contributed by atoms with Crippen molar-refractivity contribution >= 4 is 6.29 Å². The zero-order chi connectivity index (χ0) is 15.6. The smallest absolute Gasteiger partial charge is 0.139 e. The molecule has 1 saturated heterocycles. The fourth-order valence-electron chi connectivity index (χ4n) is 3.24. The number of nitrogens with one attached hydrogen (secondary N) is 1. The quantitative estimate of drug-likeness (QED) is 0.852. The van der Waals surface area contributed by atoms with Crippen molar-refractivity contribution in [3.63, 3.8) is 0 Å². The maximum Gasteiger partial charge on any atom is 0.139 e. The van der Waals surface area contributed by atoms with Crippen LogP contribution in [0.1, 0.15) is 43.9 Å². The van der Waals surface area contributed by atoms with E-state index in [1.54, 1.807) is 0 Å². The third kappa shape index (κ3) is 2.97. The first-order valence-corrected chi connectivity index (χ1v) is 8.07. The Hall–Kier alpha value is -1.93. The van der Waals surface area contributed by atoms with Crippen molar-refractivity contribution in [2.75, 3.05) is 0 Å². The third-order valence-electron chi connectivity index (χ3n) is 4.67. The average Bonchev–Trinajstić information content (AvgIpc) is 2.98. The fraction of sp³-hybridized carbons (Fsp3) is 0.350. The van der Waals surface area contributed by atoms with E-state index in [2.05, 4.69) is 60.8 Å². The SMILES string of the molecule is CCc1cccc(-c2cccc(C3CCC(C)(C=O)N3)c2)c1. The van der Waals surface area contributed by atoms with Gasteiger partial charge in [0.15, 0.2) is 0 Å². The van der Waals surface area contributed by atoms with Crippen molar-refractivity contribution in [3.05, 3.63) is 59.7 Å². The minimum atomic E-state index is -0.372. The fourth-order valence-corrected chi connectivity index (χ4v) is 3.24. The van der Waals surface area contributed by atoms with E-state index in [-0.39, 0.29) is 11.6 Å². The van der Waals surface area contributed by atoms with E-state index in [1.165, 1.54) is 22.3 Å². The molecule has 1 aliphatic heterocycles. The van der Waals surface area contributed by atoms with E-state index in [4.69, 9.17) is 0 Å². The molecule has 2 heteroatoms. The van der Waals surface area contributed by atoms with Gasteiger partial charge in [0.2, 0.25) is 0 Å². The highest BCUT2D eigenvalue weighted by Gasteiger charge is 2.34. The molecule has 2 aromatic carbocycles. The molecule has 1 N–H and O–H groups in total. The molecular formula is C20H23NO. The van der Waals surface area contributed by atoms with E-state index >= 15 is 0 Å². The monoisotopic (exact) mass is 293 g/mol. The van der Waals surface area contributed by atoms with Crippen LogP contribution >= 0.6 is 0 Å². The highest BCUT2D eigenvalue weighted by atomic mass is 16.1. The number of benzene rings is 2. The summed E-state index contributed by atoms with van der Waals surface area (Å²) in [5.41, 5.74) is 4.76. The second-order valence-electron chi connectivity index (χ2n) is 6.45. The van der Waals surface area contributed by atoms with Crippen molar-refractivity contribution in [1.29, 1.82) is 0 Å². The van der Waals surface area contributed by atoms with Gasteiger partial charge in [-0.3, -0.25) is 5.32 Å². The predicted octanol–water partition coefficient (Wildman–Crippen LogP) is 4.30. The molecule has 0 aromatic heterocycles. The van der Waals surface area contributed by atoms with Crippen molar-refractivity contribution < 1.29 is 4.79 Å². The summed E-state index contributed by atoms with van der Waals surface area (Å²) in [5.74, 6) is 0. The summed E-state index contributed by atoms with van der Waals surface area (Å²) in [4.78, 5) is 11.2. The molecule has 2 nitrogen and oxygen atoms in total. The number of rotatable bonds is 4. The lowest BCUT2D eigenvalue weighted by Crippen LogP contribution is -2.38. The van der Waals surface area contributed by atoms with Crippen molar-refractivity contribution in [1.82, 2.24) is 5.32 Å². The largest absolute Gasteiger partial charge is 0.301 e. The molecule has 2 unspecified atom stereocenters. The topological polar surface area (TPSA) is 29.1 Å². The normalized spacial score (nSPS) is 24.4. The van der Waals surface area contributed by atoms with Gasteiger partial charge in [0, 0.05) is 6.04 Å². The van der Waals surface area contributed by atoms with Crippen LogP contribution in [0.25, 0.3) is 11.1 Å². The summed E-state index contributed by atoms with van der Waals surface area (Å²) in [6, 6.07) is 17.7. The first kappa shape index (κ1) is 15.0. The second kappa shape index (κ2) is 6.05. The van der Waals surface area contributed by atoms with Crippen LogP contribution in [0.2, 0.25) is 0 Å². The van der Waals surface area contributed by atoms with E-state index in [1.807, 2.05) is 6.92 Å². The highest BCUT2D eigenvalue weighted by Crippen LogP contribution is 2.33. The van der Waals surface area contributed by atoms with Gasteiger partial charge in [0.1, 0.15) is 6.29 Å². The molecule has 0 spiro atoms. The Labute approximate surface area is 132 Å². The minimum absolute atomic E-state index is 0.268. The lowest BCUT2D eigenvalue weighted by atomic mass is 9.97. The molecule has 22 heavy (non-hydrogen) atoms. The molecule has 1 aliphatic rings. The van der Waals surface area contributed by atoms with E-state index in [9.17, 15) is 4.79 Å². The number of hydrogen-bond donors (Lipinski definition) is 1. The van der Waals surface area contributed by atoms with Crippen molar-refractivity contribution in [2.45, 2.75) is 44.7 Å². The Morgan fingerprint density at radius 2 is 1.91 bits per heavy atom. The Morgan fingerprint density at radius 1 is 1.18 bits per heavy atom. The lowest BCUT2D eigenvalue weighted by Gasteiger charge is -2.19. The van der Waals surface area contributed by atoms with Gasteiger partial charge in [-0.05, 0) is 54.5 Å². The van der Waals surface area contributed by atoms with Crippen LogP contribution in [0.15, 0.2) is 48.5 Å². The van der Waals surface area contributed by atoms with Gasteiger partial charge in [0.25, 0.3) is 0 Å². The maximum atomic E-state index is 11.2. The summed E-state index contributed by atoms with van der Waals surface area (Å²) in [5, 5.41) is 3.47. The van der Waals surface area contributed by atoms with E-state index in [0.717, 1.165) is 25.5 Å². The summed E-state index contributed by atoms with van der Waals surface area (Å²) < 4.78 is 0. The van der Waals surface area contributed by atoms with Gasteiger partial charge in [-0.25, -0.2) is 0 Å². The standard InChI is InChI=1S/C20H23NO/c1-3-15-6-4-7-16(12-15)17-8-5-9-18(13-17)19-10-11-20(2,14-22)21-19/h4-9,12-14,19,21H,3,10-11H2,1-2H3. The molecule has 114 valence electrons. The van der Waals surface area contributed by atoms with Gasteiger partial charge in [-0.15, -0.1) is 0 Å². The number of carbonyl (C=O) groups is 1. The van der Waals surface area contributed by atoms with Crippen LogP contribution in [-0.2, 0) is 11.2 Å². The van der Waals surface area contributed by atoms with Crippen molar-refractivity contribution in [2.24, 2.45) is 0 Å². The number of aryl methyl sites for hydroxylation is 1. The summed E-state index contributed by atoms with van der Waals surface area (Å²) >= 11 is 0. The van der Waals surface area contributed by atoms with Gasteiger partial charge in [-0.2, -0.15) is 0 Å². The second-order valence-corrected chi connectivity index (χ2v) is 6.45. The van der Waals surface area contributed by atoms with E-state index < -0.39 is 0 Å². The Balaban J connectivity index is 1.88. The summed E-state index contributed by atoms with van der Waals surface area (Å²) in [6.45, 7) is 4.16. The molecule has 0 aliphatic carbocycles. The number of carbonyl (C=O) groups excluding carboxylic acids is 1. The average molecular weight is 293 g/mol. The molecule has 1 fully saturated rings. The van der Waals surface area contributed by atoms with Crippen LogP contribution in [0, 0.1) is 0 Å². The van der Waals surface area contributed by atoms with E-state index in [0.29, 0.717) is 0 Å². The molecule has 0 amide bonds. The molecule has 2 atom stereocenters. The Kier molecular flexibility index (Phi) is 4.12. The number of hydrogen-bond acceptors (Lipinski definition) is 2. The first-order chi connectivity index (χ1) is 10.6. The Morgan fingerprint density at radius 3 is 2.59 bits per heavy atom. The van der Waals surface area contributed by atoms with Gasteiger partial charge < -0.3 is 4.79 Å². The molecule has 3 rings (SSSR count). The predicted molar refractivity (Wildman–Crippen MR) is 90.8 cm³/mol. The number of aldehydes is 1. The van der Waals surface area contributed by atoms with Crippen molar-refractivity contribution in [3.8, 4) is 11.1 Å². The molecule has 0 radical (unpaired) electrons. The zero-order valence-corrected chi connectivity index (χ0v) is 13.3. The molecule has 0 saturated carbocycles. The van der Waals surface area contributed by atoms with Gasteiger partial charge in [0.05, 0.1) is 5.54 Å². The molecule has 2 aromatic rings. The van der Waals surface area contributed by atoms with Crippen LogP contribution in [0.5, 0.6) is 0 Å². The third-order valence-corrected chi connectivity index (χ3v) is 4.67.